The minimum Gasteiger partial charge on any atom is -0.477 e. The summed E-state index contributed by atoms with van der Waals surface area (Å²) in [5, 5.41) is 137. The van der Waals surface area contributed by atoms with E-state index in [-0.39, 0.29) is 12.3 Å². The average Bonchev–Trinajstić information content (AvgIpc) is 0.756. The molecule has 0 aromatic rings. The molecule has 115 heavy (non-hydrogen) atoms. The van der Waals surface area contributed by atoms with E-state index in [0.717, 1.165) is 51.9 Å². The third-order valence-corrected chi connectivity index (χ3v) is 23.9. The molecule has 23 nitrogen and oxygen atoms in total. The van der Waals surface area contributed by atoms with E-state index in [1.807, 2.05) is 6.08 Å². The molecule has 0 radical (unpaired) electrons. The zero-order valence-corrected chi connectivity index (χ0v) is 72.4. The van der Waals surface area contributed by atoms with Gasteiger partial charge in [0.05, 0.1) is 50.7 Å². The largest absolute Gasteiger partial charge is 0.477 e. The van der Waals surface area contributed by atoms with Crippen LogP contribution in [-0.4, -0.2) is 215 Å². The predicted molar refractivity (Wildman–Crippen MR) is 454 cm³/mol. The van der Waals surface area contributed by atoms with Gasteiger partial charge in [0.1, 0.15) is 67.1 Å². The molecule has 3 aliphatic heterocycles. The van der Waals surface area contributed by atoms with E-state index >= 15 is 0 Å². The van der Waals surface area contributed by atoms with Gasteiger partial charge in [0.2, 0.25) is 11.8 Å². The molecule has 3 aliphatic rings. The molecule has 676 valence electrons. The van der Waals surface area contributed by atoms with Crippen LogP contribution in [0.3, 0.4) is 0 Å². The quantitative estimate of drug-likeness (QED) is 0.0199. The second kappa shape index (κ2) is 69.7. The van der Waals surface area contributed by atoms with Gasteiger partial charge < -0.3 is 100 Å². The van der Waals surface area contributed by atoms with Crippen LogP contribution in [-0.2, 0) is 42.8 Å². The Hall–Kier alpha value is -2.79. The highest BCUT2D eigenvalue weighted by Crippen LogP contribution is 2.39. The Kier molecular flexibility index (Phi) is 64.5. The summed E-state index contributed by atoms with van der Waals surface area (Å²) in [7, 11) is 0. The van der Waals surface area contributed by atoms with Gasteiger partial charge in [-0.15, -0.1) is 0 Å². The van der Waals surface area contributed by atoms with Crippen LogP contribution >= 0.6 is 0 Å². The maximum absolute atomic E-state index is 13.6. The number of nitrogens with one attached hydrogen (secondary N) is 2. The zero-order valence-electron chi connectivity index (χ0n) is 72.4. The van der Waals surface area contributed by atoms with Crippen molar-refractivity contribution in [3.8, 4) is 0 Å². The van der Waals surface area contributed by atoms with Crippen molar-refractivity contribution in [2.45, 2.75) is 516 Å². The van der Waals surface area contributed by atoms with Gasteiger partial charge in [-0.1, -0.05) is 366 Å². The maximum Gasteiger partial charge on any atom is 0.364 e. The second-order valence-electron chi connectivity index (χ2n) is 34.2. The molecular formula is C92H172N2O21. The van der Waals surface area contributed by atoms with Crippen LogP contribution < -0.4 is 10.6 Å². The number of unbranched alkanes of at least 4 members (excludes halogenated alkanes) is 55. The van der Waals surface area contributed by atoms with E-state index in [0.29, 0.717) is 12.8 Å². The Morgan fingerprint density at radius 1 is 0.452 bits per heavy atom. The molecule has 0 bridgehead atoms. The monoisotopic (exact) mass is 1640 g/mol. The lowest BCUT2D eigenvalue weighted by Crippen LogP contribution is -2.70. The lowest BCUT2D eigenvalue weighted by Gasteiger charge is -2.50. The van der Waals surface area contributed by atoms with E-state index in [4.69, 9.17) is 28.4 Å². The zero-order chi connectivity index (χ0) is 83.8. The number of hydrogen-bond donors (Lipinski definition) is 14. The number of aliphatic hydroxyl groups excluding tert-OH is 11. The molecule has 3 saturated heterocycles. The fourth-order valence-corrected chi connectivity index (χ4v) is 16.5. The fraction of sp³-hybridized carbons (Fsp3) is 0.924. The predicted octanol–water partition coefficient (Wildman–Crippen LogP) is 15.8. The van der Waals surface area contributed by atoms with E-state index in [1.165, 1.54) is 315 Å². The van der Waals surface area contributed by atoms with Crippen molar-refractivity contribution in [1.82, 2.24) is 10.6 Å². The van der Waals surface area contributed by atoms with Gasteiger partial charge in [0, 0.05) is 19.8 Å². The number of rotatable bonds is 77. The number of allylic oxidation sites excluding steroid dienone is 3. The lowest BCUT2D eigenvalue weighted by atomic mass is 9.88. The summed E-state index contributed by atoms with van der Waals surface area (Å²) < 4.78 is 35.0. The summed E-state index contributed by atoms with van der Waals surface area (Å²) in [6, 6.07) is -2.62. The minimum atomic E-state index is -3.08. The molecule has 0 aromatic heterocycles. The van der Waals surface area contributed by atoms with Crippen molar-refractivity contribution in [1.29, 1.82) is 0 Å². The van der Waals surface area contributed by atoms with E-state index in [2.05, 4.69) is 36.6 Å². The van der Waals surface area contributed by atoms with Crippen LogP contribution in [0.25, 0.3) is 0 Å². The summed E-state index contributed by atoms with van der Waals surface area (Å²) in [6.45, 7) is 2.22. The third kappa shape index (κ3) is 48.0. The molecule has 18 atom stereocenters. The molecule has 0 spiro atoms. The molecule has 18 unspecified atom stereocenters. The van der Waals surface area contributed by atoms with Crippen LogP contribution in [0, 0.1) is 0 Å². The first-order chi connectivity index (χ1) is 55.9. The molecule has 0 saturated carbocycles. The molecule has 3 fully saturated rings. The summed E-state index contributed by atoms with van der Waals surface area (Å²) in [5.74, 6) is -6.13. The number of aliphatic hydroxyl groups is 11. The van der Waals surface area contributed by atoms with Gasteiger partial charge in [-0.05, 0) is 44.9 Å². The highest BCUT2D eigenvalue weighted by Gasteiger charge is 2.60. The van der Waals surface area contributed by atoms with Gasteiger partial charge >= 0.3 is 5.97 Å². The highest BCUT2D eigenvalue weighted by molar-refractivity contribution is 5.77. The number of carbonyl (C=O) groups is 3. The standard InChI is InChI=1S/C92H172N2O21/c1-4-6-8-10-12-14-16-18-20-22-24-26-28-29-30-31-32-33-34-35-36-37-38-39-40-41-42-43-44-46-48-50-52-54-56-58-60-62-64-66-79(102)94-73(74(99)65-63-61-59-57-55-53-51-49-47-45-27-25-23-21-19-17-15-13-11-9-7-5-2)71-110-89-84(106)83(105)86(78(70-97)112-89)113-90-85(107)88(82(104)77(69-96)111-90)115-92(91(108)109)67-75(100)80(93-72(3)98)87(114-92)81(103)76(101)68-95/h35-36,63,65,73-78,80-90,95-97,99-101,103-107H,4-34,37-62,64,66-71H2,1-3H3,(H,93,98)(H,94,102)(H,108,109)/b36-35-,65-63+. The summed E-state index contributed by atoms with van der Waals surface area (Å²) in [4.78, 5) is 38.8. The third-order valence-electron chi connectivity index (χ3n) is 23.9. The van der Waals surface area contributed by atoms with Crippen LogP contribution in [0.1, 0.15) is 406 Å². The molecule has 3 rings (SSSR count). The van der Waals surface area contributed by atoms with Gasteiger partial charge in [-0.2, -0.15) is 0 Å². The molecule has 0 aliphatic carbocycles. The maximum atomic E-state index is 13.6. The number of carbonyl (C=O) groups excluding carboxylic acids is 2. The molecule has 23 heteroatoms. The van der Waals surface area contributed by atoms with Crippen molar-refractivity contribution in [3.05, 3.63) is 24.3 Å². The Bertz CT molecular complexity index is 2360. The van der Waals surface area contributed by atoms with Crippen LogP contribution in [0.4, 0.5) is 0 Å². The molecule has 14 N–H and O–H groups in total. The second-order valence-corrected chi connectivity index (χ2v) is 34.2. The van der Waals surface area contributed by atoms with E-state index in [1.54, 1.807) is 6.08 Å². The summed E-state index contributed by atoms with van der Waals surface area (Å²) >= 11 is 0. The Morgan fingerprint density at radius 3 is 1.18 bits per heavy atom. The SMILES string of the molecule is CCCCCCCCCCCCCCCCCCCC/C=C\CCCCCCCCCCCCCCCCCCCC(=O)NC(COC1OC(CO)C(OC2OC(CO)C(O)C(OC3(C(=O)O)CC(O)C(NC(C)=O)C(C(O)C(O)CO)O3)C2O)C(O)C1O)C(O)/C=C/CCCCCCCCCCCCCCCCCCCCCC. The first-order valence-corrected chi connectivity index (χ1v) is 47.2. The van der Waals surface area contributed by atoms with E-state index in [9.17, 15) is 75.7 Å². The fourth-order valence-electron chi connectivity index (χ4n) is 16.5. The highest BCUT2D eigenvalue weighted by atomic mass is 16.8. The van der Waals surface area contributed by atoms with Gasteiger partial charge in [0.15, 0.2) is 12.6 Å². The van der Waals surface area contributed by atoms with Crippen molar-refractivity contribution in [3.63, 3.8) is 0 Å². The average molecular weight is 1640 g/mol. The van der Waals surface area contributed by atoms with Gasteiger partial charge in [-0.3, -0.25) is 9.59 Å². The van der Waals surface area contributed by atoms with E-state index < -0.39 is 155 Å². The smallest absolute Gasteiger partial charge is 0.364 e. The van der Waals surface area contributed by atoms with Crippen molar-refractivity contribution < 1.29 is 104 Å². The van der Waals surface area contributed by atoms with Crippen LogP contribution in [0.2, 0.25) is 0 Å². The molecule has 2 amide bonds. The number of aliphatic carboxylic acids is 1. The lowest BCUT2D eigenvalue weighted by molar-refractivity contribution is -0.386. The van der Waals surface area contributed by atoms with Crippen molar-refractivity contribution >= 4 is 17.8 Å². The molecular weight excluding hydrogens is 1470 g/mol. The minimum absolute atomic E-state index is 0.204. The number of amides is 2. The number of carboxylic acids is 1. The number of hydrogen-bond acceptors (Lipinski definition) is 20. The normalized spacial score (nSPS) is 25.1. The van der Waals surface area contributed by atoms with Crippen molar-refractivity contribution in [2.75, 3.05) is 26.4 Å². The summed E-state index contributed by atoms with van der Waals surface area (Å²) in [5.41, 5.74) is 0. The van der Waals surface area contributed by atoms with Gasteiger partial charge in [0.25, 0.3) is 5.79 Å². The Morgan fingerprint density at radius 2 is 0.817 bits per heavy atom. The Balaban J connectivity index is 1.40. The number of ether oxygens (including phenoxy) is 6. The van der Waals surface area contributed by atoms with Gasteiger partial charge in [-0.25, -0.2) is 4.79 Å². The Labute approximate surface area is 695 Å². The first-order valence-electron chi connectivity index (χ1n) is 47.2. The molecule has 0 aromatic carbocycles. The van der Waals surface area contributed by atoms with Crippen molar-refractivity contribution in [2.24, 2.45) is 0 Å². The van der Waals surface area contributed by atoms with Crippen LogP contribution in [0.5, 0.6) is 0 Å². The summed E-state index contributed by atoms with van der Waals surface area (Å²) in [6.07, 6.45) is 53.9. The van der Waals surface area contributed by atoms with Crippen LogP contribution in [0.15, 0.2) is 24.3 Å². The topological polar surface area (TPSA) is 373 Å². The number of carboxylic acid groups (broad SMARTS) is 1. The first kappa shape index (κ1) is 106. The molecule has 3 heterocycles.